The van der Waals surface area contributed by atoms with Crippen molar-refractivity contribution in [3.05, 3.63) is 42.7 Å². The molecule has 0 aliphatic carbocycles. The first-order valence-corrected chi connectivity index (χ1v) is 5.04. The molecule has 0 spiro atoms. The normalized spacial score (nSPS) is 7.53. The van der Waals surface area contributed by atoms with Crippen molar-refractivity contribution >= 4 is 43.7 Å². The third-order valence-corrected chi connectivity index (χ3v) is 1.13. The van der Waals surface area contributed by atoms with Crippen molar-refractivity contribution in [1.29, 1.82) is 0 Å². The Hall–Kier alpha value is -0.250. The van der Waals surface area contributed by atoms with Gasteiger partial charge in [-0.3, -0.25) is 0 Å². The molecule has 0 saturated carbocycles. The van der Waals surface area contributed by atoms with E-state index in [1.54, 1.807) is 12.1 Å². The van der Waals surface area contributed by atoms with Gasteiger partial charge >= 0.3 is 43.7 Å². The molecule has 1 aromatic carbocycles. The van der Waals surface area contributed by atoms with Crippen molar-refractivity contribution in [2.45, 2.75) is 27.7 Å². The summed E-state index contributed by atoms with van der Waals surface area (Å²) < 4.78 is 0. The molecule has 2 N–H and O–H groups in total. The van der Waals surface area contributed by atoms with E-state index in [2.05, 4.69) is 0 Å². The number of para-hydroxylation sites is 1. The Labute approximate surface area is 134 Å². The third kappa shape index (κ3) is 13.7. The molecule has 3 nitrogen and oxygen atoms in total. The second kappa shape index (κ2) is 15.7. The van der Waals surface area contributed by atoms with Crippen LogP contribution in [0.3, 0.4) is 0 Å². The molecule has 0 aliphatic rings. The van der Waals surface area contributed by atoms with Gasteiger partial charge in [0.05, 0.1) is 0 Å². The first-order valence-electron chi connectivity index (χ1n) is 5.04. The zero-order valence-corrected chi connectivity index (χ0v) is 13.2. The van der Waals surface area contributed by atoms with Crippen LogP contribution in [0, 0.1) is 12.8 Å². The predicted octanol–water partition coefficient (Wildman–Crippen LogP) is 3.17. The van der Waals surface area contributed by atoms with Crippen molar-refractivity contribution in [1.82, 2.24) is 0 Å². The van der Waals surface area contributed by atoms with Crippen LogP contribution in [0.15, 0.2) is 24.3 Å². The minimum absolute atomic E-state index is 0. The van der Waals surface area contributed by atoms with Crippen LogP contribution in [0.5, 0.6) is 5.75 Å². The number of carboxylic acid groups (broad SMARTS) is 1. The second-order valence-corrected chi connectivity index (χ2v) is 2.98. The summed E-state index contributed by atoms with van der Waals surface area (Å²) >= 11 is 0. The molecule has 0 aliphatic heterocycles. The van der Waals surface area contributed by atoms with Crippen LogP contribution in [0.4, 0.5) is 0 Å². The van der Waals surface area contributed by atoms with Gasteiger partial charge in [-0.25, -0.2) is 4.79 Å². The van der Waals surface area contributed by atoms with Gasteiger partial charge < -0.3 is 23.1 Å². The maximum atomic E-state index is 10.3. The summed E-state index contributed by atoms with van der Waals surface area (Å²) in [6.07, 6.45) is 4.00. The number of aromatic hydroxyl groups is 1. The van der Waals surface area contributed by atoms with E-state index in [1.807, 2.05) is 40.5 Å². The maximum absolute atomic E-state index is 10.3. The first kappa shape index (κ1) is 22.0. The molecule has 17 heavy (non-hydrogen) atoms. The monoisotopic (exact) mass is 264 g/mol. The maximum Gasteiger partial charge on any atom is 2.00 e. The number of hydrogen-bond donors (Lipinski definition) is 2. The van der Waals surface area contributed by atoms with Crippen molar-refractivity contribution in [2.24, 2.45) is 0 Å². The minimum atomic E-state index is -1.11. The molecule has 0 aromatic heterocycles. The van der Waals surface area contributed by atoms with Gasteiger partial charge in [-0.15, -0.1) is 0 Å². The molecule has 4 heteroatoms. The average Bonchev–Trinajstić information content (AvgIpc) is 2.20. The van der Waals surface area contributed by atoms with Crippen LogP contribution in [-0.4, -0.2) is 53.9 Å². The molecule has 0 amide bonds. The summed E-state index contributed by atoms with van der Waals surface area (Å²) in [6.45, 7) is 8.00. The third-order valence-electron chi connectivity index (χ3n) is 1.13. The molecular formula is C13H20CaO3. The summed E-state index contributed by atoms with van der Waals surface area (Å²) in [6, 6.07) is 5.81. The van der Waals surface area contributed by atoms with Crippen LogP contribution in [0.2, 0.25) is 0 Å². The Kier molecular flexibility index (Phi) is 20.4. The fourth-order valence-electron chi connectivity index (χ4n) is 0.654. The van der Waals surface area contributed by atoms with Crippen LogP contribution in [0.1, 0.15) is 38.1 Å². The quantitative estimate of drug-likeness (QED) is 0.605. The summed E-state index contributed by atoms with van der Waals surface area (Å²) in [7, 11) is 0. The Balaban J connectivity index is -0.000000240. The molecule has 92 valence electrons. The van der Waals surface area contributed by atoms with Gasteiger partial charge in [0.25, 0.3) is 0 Å². The Bertz CT molecular complexity index is 286. The standard InChI is InChI=1S/C7H6O3.2C3H7.Ca/c8-6-4-2-1-3-5(6)7(9)10;2*1-3-2;/h1-4,8H,(H,9,10);2*3H,1-2H3;/q;2*-1;+2. The zero-order chi connectivity index (χ0) is 13.0. The topological polar surface area (TPSA) is 57.5 Å². The van der Waals surface area contributed by atoms with E-state index in [0.29, 0.717) is 0 Å². The van der Waals surface area contributed by atoms with E-state index in [-0.39, 0.29) is 49.1 Å². The van der Waals surface area contributed by atoms with E-state index in [4.69, 9.17) is 10.2 Å². The molecule has 0 heterocycles. The number of aromatic carboxylic acids is 1. The minimum Gasteiger partial charge on any atom is -0.507 e. The largest absolute Gasteiger partial charge is 2.00 e. The van der Waals surface area contributed by atoms with E-state index < -0.39 is 5.97 Å². The SMILES string of the molecule is C[CH-]C.C[CH-]C.O=C(O)c1ccccc1O.[Ca+2]. The van der Waals surface area contributed by atoms with Crippen LogP contribution < -0.4 is 0 Å². The number of phenols is 1. The number of hydrogen-bond acceptors (Lipinski definition) is 2. The fourth-order valence-corrected chi connectivity index (χ4v) is 0.654. The molecule has 1 aromatic rings. The van der Waals surface area contributed by atoms with Gasteiger partial charge in [0.15, 0.2) is 0 Å². The summed E-state index contributed by atoms with van der Waals surface area (Å²) in [5.74, 6) is -1.31. The van der Waals surface area contributed by atoms with Gasteiger partial charge in [0, 0.05) is 0 Å². The molecule has 0 radical (unpaired) electrons. The zero-order valence-electron chi connectivity index (χ0n) is 11.0. The molecule has 0 fully saturated rings. The van der Waals surface area contributed by atoms with E-state index >= 15 is 0 Å². The van der Waals surface area contributed by atoms with E-state index in [1.165, 1.54) is 12.1 Å². The molecule has 0 saturated heterocycles. The van der Waals surface area contributed by atoms with Crippen molar-refractivity contribution in [3.63, 3.8) is 0 Å². The number of carboxylic acids is 1. The van der Waals surface area contributed by atoms with E-state index in [9.17, 15) is 4.79 Å². The summed E-state index contributed by atoms with van der Waals surface area (Å²) in [5, 5.41) is 17.3. The van der Waals surface area contributed by atoms with Crippen LogP contribution in [-0.2, 0) is 0 Å². The van der Waals surface area contributed by atoms with Gasteiger partial charge in [-0.1, -0.05) is 12.1 Å². The smallest absolute Gasteiger partial charge is 0.507 e. The Morgan fingerprint density at radius 3 is 1.65 bits per heavy atom. The van der Waals surface area contributed by atoms with Crippen molar-refractivity contribution < 1.29 is 15.0 Å². The molecule has 0 bridgehead atoms. The second-order valence-electron chi connectivity index (χ2n) is 2.98. The van der Waals surface area contributed by atoms with E-state index in [0.717, 1.165) is 0 Å². The summed E-state index contributed by atoms with van der Waals surface area (Å²) in [5.41, 5.74) is -0.0671. The molecular weight excluding hydrogens is 244 g/mol. The predicted molar refractivity (Wildman–Crippen MR) is 72.1 cm³/mol. The Morgan fingerprint density at radius 2 is 1.41 bits per heavy atom. The molecule has 0 unspecified atom stereocenters. The number of rotatable bonds is 1. The molecule has 0 atom stereocenters. The number of carbonyl (C=O) groups is 1. The summed E-state index contributed by atoms with van der Waals surface area (Å²) in [4.78, 5) is 10.3. The van der Waals surface area contributed by atoms with Gasteiger partial charge in [-0.05, 0) is 12.1 Å². The average molecular weight is 264 g/mol. The van der Waals surface area contributed by atoms with Gasteiger partial charge in [0.2, 0.25) is 0 Å². The van der Waals surface area contributed by atoms with Crippen molar-refractivity contribution in [3.8, 4) is 5.75 Å². The van der Waals surface area contributed by atoms with Gasteiger partial charge in [0.1, 0.15) is 11.3 Å². The Morgan fingerprint density at radius 1 is 1.06 bits per heavy atom. The fraction of sp³-hybridized carbons (Fsp3) is 0.308. The first-order chi connectivity index (χ1) is 7.54. The van der Waals surface area contributed by atoms with Crippen LogP contribution >= 0.6 is 0 Å². The molecule has 1 rings (SSSR count). The van der Waals surface area contributed by atoms with Crippen molar-refractivity contribution in [2.75, 3.05) is 0 Å². The number of benzene rings is 1. The van der Waals surface area contributed by atoms with Gasteiger partial charge in [-0.2, -0.15) is 27.7 Å². The van der Waals surface area contributed by atoms with Crippen LogP contribution in [0.25, 0.3) is 0 Å².